The smallest absolute Gasteiger partial charge is 0.0465 e. The second-order valence-electron chi connectivity index (χ2n) is 28.3. The minimum absolute atomic E-state index is 0.0449. The van der Waals surface area contributed by atoms with Crippen LogP contribution in [0, 0.1) is 0 Å². The van der Waals surface area contributed by atoms with E-state index in [1.807, 2.05) is 0 Å². The first-order valence-electron chi connectivity index (χ1n) is 37.7. The maximum Gasteiger partial charge on any atom is 0.0465 e. The van der Waals surface area contributed by atoms with Crippen LogP contribution in [0.25, 0.3) is 55.6 Å². The third-order valence-corrected chi connectivity index (χ3v) is 21.9. The average Bonchev–Trinajstić information content (AvgIpc) is 1.57. The monoisotopic (exact) mass is 1330 g/mol. The highest BCUT2D eigenvalue weighted by molar-refractivity contribution is 5.88. The molecule has 0 N–H and O–H groups in total. The van der Waals surface area contributed by atoms with E-state index in [1.54, 1.807) is 0 Å². The van der Waals surface area contributed by atoms with Crippen molar-refractivity contribution in [2.75, 3.05) is 14.7 Å². The summed E-state index contributed by atoms with van der Waals surface area (Å²) in [6, 6.07) is 131. The van der Waals surface area contributed by atoms with Crippen molar-refractivity contribution in [2.45, 2.75) is 102 Å². The van der Waals surface area contributed by atoms with Gasteiger partial charge in [-0.05, 0) is 229 Å². The van der Waals surface area contributed by atoms with Crippen molar-refractivity contribution in [3.8, 4) is 55.6 Å². The van der Waals surface area contributed by atoms with Gasteiger partial charge in [-0.3, -0.25) is 0 Å². The van der Waals surface area contributed by atoms with Crippen LogP contribution in [0.5, 0.6) is 0 Å². The van der Waals surface area contributed by atoms with Gasteiger partial charge in [0.15, 0.2) is 0 Å². The van der Waals surface area contributed by atoms with Gasteiger partial charge in [-0.1, -0.05) is 308 Å². The fourth-order valence-corrected chi connectivity index (χ4v) is 16.4. The maximum atomic E-state index is 2.58. The molecule has 2 aliphatic rings. The van der Waals surface area contributed by atoms with E-state index < -0.39 is 0 Å². The summed E-state index contributed by atoms with van der Waals surface area (Å²) < 4.78 is 0. The third kappa shape index (κ3) is 13.8. The van der Waals surface area contributed by atoms with Gasteiger partial charge in [0.2, 0.25) is 0 Å². The zero-order valence-electron chi connectivity index (χ0n) is 59.4. The Morgan fingerprint density at radius 1 is 0.243 bits per heavy atom. The van der Waals surface area contributed by atoms with Crippen LogP contribution in [0.1, 0.15) is 123 Å². The van der Waals surface area contributed by atoms with E-state index in [4.69, 9.17) is 0 Å². The largest absolute Gasteiger partial charge is 0.311 e. The van der Waals surface area contributed by atoms with E-state index in [9.17, 15) is 0 Å². The molecular formula is C100H89N3. The van der Waals surface area contributed by atoms with Crippen molar-refractivity contribution in [2.24, 2.45) is 0 Å². The quantitative estimate of drug-likeness (QED) is 0.0395. The van der Waals surface area contributed by atoms with Crippen LogP contribution in [0.3, 0.4) is 0 Å². The summed E-state index contributed by atoms with van der Waals surface area (Å²) in [5, 5.41) is 0. The molecule has 3 nitrogen and oxygen atoms in total. The fraction of sp³-hybridized carbons (Fsp3) is 0.160. The lowest BCUT2D eigenvalue weighted by molar-refractivity contribution is 0.401. The van der Waals surface area contributed by atoms with Crippen LogP contribution >= 0.6 is 0 Å². The standard InChI is InChI=1S/C100H89N3/c1-3-5-7-23-68-100(69-24-8-6-4-2)97-37-22-21-36-95(97)96-67-66-94(72-98(96)100)103(92-62-52-77(53-63-92)75-48-56-89(57-49-75)101(86-30-15-10-16-31-86)87-32-17-11-18-33-87)93-64-54-78(55-65-93)76-50-60-91(61-51-76)102(88-34-19-12-20-35-88)90-58-46-74(47-59-90)73-38-42-81(43-39-73)99(80-26-13-9-14-27-80)85-29-25-28-82(71-85)84-45-41-79-40-44-83(79)70-84/h9-22,25-39,41-43,45-67,70-72,99H,3-8,23-24,40,44,68-69H2,1-2H3. The number of anilines is 9. The molecule has 0 heterocycles. The van der Waals surface area contributed by atoms with Crippen molar-refractivity contribution < 1.29 is 0 Å². The Balaban J connectivity index is 0.695. The number of hydrogen-bond acceptors (Lipinski definition) is 3. The van der Waals surface area contributed by atoms with Gasteiger partial charge in [-0.2, -0.15) is 0 Å². The molecule has 0 spiro atoms. The van der Waals surface area contributed by atoms with Gasteiger partial charge in [0, 0.05) is 62.5 Å². The highest BCUT2D eigenvalue weighted by atomic mass is 15.2. The number of unbranched alkanes of at least 4 members (excludes halogenated alkanes) is 6. The first-order valence-corrected chi connectivity index (χ1v) is 37.7. The number of nitrogens with zero attached hydrogens (tertiary/aromatic N) is 3. The van der Waals surface area contributed by atoms with Crippen LogP contribution in [-0.2, 0) is 18.3 Å². The third-order valence-electron chi connectivity index (χ3n) is 21.9. The van der Waals surface area contributed by atoms with Crippen LogP contribution in [0.4, 0.5) is 51.2 Å². The molecule has 14 aromatic carbocycles. The second-order valence-corrected chi connectivity index (χ2v) is 28.3. The topological polar surface area (TPSA) is 9.72 Å². The van der Waals surface area contributed by atoms with Gasteiger partial charge in [0.05, 0.1) is 0 Å². The Morgan fingerprint density at radius 3 is 1.03 bits per heavy atom. The number of rotatable bonds is 26. The zero-order valence-corrected chi connectivity index (χ0v) is 59.4. The number of fused-ring (bicyclic) bond motifs is 4. The maximum absolute atomic E-state index is 2.58. The molecule has 0 amide bonds. The van der Waals surface area contributed by atoms with Gasteiger partial charge in [-0.25, -0.2) is 0 Å². The van der Waals surface area contributed by atoms with E-state index in [1.165, 1.54) is 159 Å². The van der Waals surface area contributed by atoms with E-state index in [-0.39, 0.29) is 11.3 Å². The van der Waals surface area contributed by atoms with E-state index in [2.05, 4.69) is 380 Å². The van der Waals surface area contributed by atoms with Crippen LogP contribution in [-0.4, -0.2) is 0 Å². The molecule has 14 aromatic rings. The fourth-order valence-electron chi connectivity index (χ4n) is 16.4. The first kappa shape index (κ1) is 66.1. The average molecular weight is 1330 g/mol. The second kappa shape index (κ2) is 30.4. The zero-order chi connectivity index (χ0) is 69.3. The molecule has 2 aliphatic carbocycles. The molecule has 0 saturated heterocycles. The van der Waals surface area contributed by atoms with Gasteiger partial charge in [0.25, 0.3) is 0 Å². The van der Waals surface area contributed by atoms with Crippen LogP contribution < -0.4 is 14.7 Å². The van der Waals surface area contributed by atoms with Gasteiger partial charge in [-0.15, -0.1) is 0 Å². The molecule has 504 valence electrons. The van der Waals surface area contributed by atoms with E-state index in [0.717, 1.165) is 63.9 Å². The normalized spacial score (nSPS) is 12.7. The number of aryl methyl sites for hydroxylation is 2. The number of para-hydroxylation sites is 3. The Hall–Kier alpha value is -11.5. The molecule has 1 atom stereocenters. The molecule has 0 fully saturated rings. The van der Waals surface area contributed by atoms with Gasteiger partial charge >= 0.3 is 0 Å². The molecule has 3 heteroatoms. The molecule has 0 aliphatic heterocycles. The predicted molar refractivity (Wildman–Crippen MR) is 437 cm³/mol. The molecule has 1 unspecified atom stereocenters. The summed E-state index contributed by atoms with van der Waals surface area (Å²) in [7, 11) is 0. The lowest BCUT2D eigenvalue weighted by Crippen LogP contribution is -2.26. The summed E-state index contributed by atoms with van der Waals surface area (Å²) in [6.07, 6.45) is 14.7. The molecule has 0 aromatic heterocycles. The molecule has 103 heavy (non-hydrogen) atoms. The summed E-state index contributed by atoms with van der Waals surface area (Å²) >= 11 is 0. The molecule has 16 rings (SSSR count). The Bertz CT molecular complexity index is 5080. The first-order chi connectivity index (χ1) is 51.0. The van der Waals surface area contributed by atoms with Crippen molar-refractivity contribution in [3.63, 3.8) is 0 Å². The van der Waals surface area contributed by atoms with Gasteiger partial charge < -0.3 is 14.7 Å². The molecular weight excluding hydrogens is 1240 g/mol. The van der Waals surface area contributed by atoms with E-state index >= 15 is 0 Å². The predicted octanol–water partition coefficient (Wildman–Crippen LogP) is 28.3. The summed E-state index contributed by atoms with van der Waals surface area (Å²) in [6.45, 7) is 4.66. The highest BCUT2D eigenvalue weighted by Gasteiger charge is 2.42. The highest BCUT2D eigenvalue weighted by Crippen LogP contribution is 2.56. The Labute approximate surface area is 610 Å². The summed E-state index contributed by atoms with van der Waals surface area (Å²) in [4.78, 5) is 7.18. The van der Waals surface area contributed by atoms with Crippen molar-refractivity contribution >= 4 is 51.2 Å². The summed E-state index contributed by atoms with van der Waals surface area (Å²) in [5.74, 6) is 0.0984. The minimum atomic E-state index is -0.0449. The number of hydrogen-bond donors (Lipinski definition) is 0. The molecule has 0 radical (unpaired) electrons. The van der Waals surface area contributed by atoms with Crippen molar-refractivity contribution in [3.05, 3.63) is 391 Å². The SMILES string of the molecule is CCCCCCC1(CCCCCC)c2ccccc2-c2ccc(N(c3ccc(-c4ccc(N(c5ccccc5)c5ccccc5)cc4)cc3)c3ccc(-c4ccc(N(c5ccccc5)c5ccc(-c6ccc(C(c7ccccc7)c7cccc(-c8ccc9c(c8)CC9)c7)cc6)cc5)cc4)cc3)cc21. The minimum Gasteiger partial charge on any atom is -0.311 e. The lowest BCUT2D eigenvalue weighted by Gasteiger charge is -2.34. The van der Waals surface area contributed by atoms with Crippen LogP contribution in [0.2, 0.25) is 0 Å². The number of benzene rings is 14. The van der Waals surface area contributed by atoms with Crippen molar-refractivity contribution in [1.82, 2.24) is 0 Å². The van der Waals surface area contributed by atoms with Crippen molar-refractivity contribution in [1.29, 1.82) is 0 Å². The Kier molecular flexibility index (Phi) is 19.5. The van der Waals surface area contributed by atoms with E-state index in [0.29, 0.717) is 0 Å². The lowest BCUT2D eigenvalue weighted by atomic mass is 9.70. The van der Waals surface area contributed by atoms with Gasteiger partial charge in [0.1, 0.15) is 0 Å². The molecule has 0 saturated carbocycles. The molecule has 0 bridgehead atoms. The summed E-state index contributed by atoms with van der Waals surface area (Å²) in [5.41, 5.74) is 32.3. The van der Waals surface area contributed by atoms with Crippen LogP contribution in [0.15, 0.2) is 352 Å². The Morgan fingerprint density at radius 2 is 0.592 bits per heavy atom.